The number of alkyl halides is 3. The molecule has 0 aromatic heterocycles. The predicted octanol–water partition coefficient (Wildman–Crippen LogP) is 4.17. The Hall–Kier alpha value is -1.84. The van der Waals surface area contributed by atoms with E-state index in [0.717, 1.165) is 6.42 Å². The predicted molar refractivity (Wildman–Crippen MR) is 92.3 cm³/mol. The Morgan fingerprint density at radius 3 is 2.37 bits per heavy atom. The molecule has 0 N–H and O–H groups in total. The lowest BCUT2D eigenvalue weighted by Crippen LogP contribution is -2.53. The standard InChI is InChI=1S/C20H25F3N2O2/c1-17(2)12-18(10-14(11-24)15(17)26)8-9-25(13-18)16(27)19(20(21,22)23)6-4-3-5-7-19/h10H,3-9,12-13H2,1-2H3. The van der Waals surface area contributed by atoms with E-state index in [4.69, 9.17) is 0 Å². The molecule has 1 amide bonds. The molecular formula is C20H25F3N2O2. The molecule has 1 spiro atoms. The van der Waals surface area contributed by atoms with E-state index in [0.29, 0.717) is 25.7 Å². The Bertz CT molecular complexity index is 726. The van der Waals surface area contributed by atoms with Crippen LogP contribution in [-0.2, 0) is 9.59 Å². The van der Waals surface area contributed by atoms with E-state index in [1.165, 1.54) is 4.90 Å². The summed E-state index contributed by atoms with van der Waals surface area (Å²) in [5.74, 6) is -1.06. The van der Waals surface area contributed by atoms with Crippen LogP contribution in [0.1, 0.15) is 58.8 Å². The third-order valence-corrected chi connectivity index (χ3v) is 6.56. The van der Waals surface area contributed by atoms with Gasteiger partial charge in [0.15, 0.2) is 5.78 Å². The van der Waals surface area contributed by atoms with Gasteiger partial charge in [-0.3, -0.25) is 9.59 Å². The van der Waals surface area contributed by atoms with Crippen molar-refractivity contribution in [3.63, 3.8) is 0 Å². The summed E-state index contributed by atoms with van der Waals surface area (Å²) < 4.78 is 41.6. The smallest absolute Gasteiger partial charge is 0.341 e. The lowest BCUT2D eigenvalue weighted by molar-refractivity contribution is -0.235. The van der Waals surface area contributed by atoms with Gasteiger partial charge >= 0.3 is 6.18 Å². The largest absolute Gasteiger partial charge is 0.403 e. The summed E-state index contributed by atoms with van der Waals surface area (Å²) in [5, 5.41) is 9.30. The summed E-state index contributed by atoms with van der Waals surface area (Å²) in [6.07, 6.45) is -0.801. The fourth-order valence-electron chi connectivity index (χ4n) is 5.24. The van der Waals surface area contributed by atoms with Gasteiger partial charge in [-0.25, -0.2) is 0 Å². The zero-order chi connectivity index (χ0) is 20.1. The summed E-state index contributed by atoms with van der Waals surface area (Å²) >= 11 is 0. The molecule has 1 heterocycles. The van der Waals surface area contributed by atoms with Crippen molar-refractivity contribution in [2.45, 2.75) is 65.0 Å². The van der Waals surface area contributed by atoms with Crippen LogP contribution in [0.4, 0.5) is 13.2 Å². The molecule has 7 heteroatoms. The number of likely N-dealkylation sites (tertiary alicyclic amines) is 1. The molecule has 3 rings (SSSR count). The topological polar surface area (TPSA) is 61.2 Å². The van der Waals surface area contributed by atoms with E-state index >= 15 is 0 Å². The molecule has 2 fully saturated rings. The summed E-state index contributed by atoms with van der Waals surface area (Å²) in [6, 6.07) is 1.93. The van der Waals surface area contributed by atoms with Gasteiger partial charge in [0.1, 0.15) is 11.5 Å². The first-order valence-corrected chi connectivity index (χ1v) is 9.50. The average molecular weight is 382 g/mol. The normalized spacial score (nSPS) is 30.1. The van der Waals surface area contributed by atoms with Crippen molar-refractivity contribution < 1.29 is 22.8 Å². The zero-order valence-electron chi connectivity index (χ0n) is 15.8. The van der Waals surface area contributed by atoms with Gasteiger partial charge in [0.05, 0.1) is 5.57 Å². The number of allylic oxidation sites excluding steroid dienone is 1. The Morgan fingerprint density at radius 1 is 1.19 bits per heavy atom. The fraction of sp³-hybridized carbons (Fsp3) is 0.750. The number of carbonyl (C=O) groups is 2. The number of carbonyl (C=O) groups excluding carboxylic acids is 2. The van der Waals surface area contributed by atoms with Crippen molar-refractivity contribution in [2.75, 3.05) is 13.1 Å². The highest BCUT2D eigenvalue weighted by molar-refractivity contribution is 6.03. The van der Waals surface area contributed by atoms with E-state index in [1.807, 2.05) is 6.07 Å². The number of halogens is 3. The molecule has 0 aromatic rings. The van der Waals surface area contributed by atoms with Crippen molar-refractivity contribution in [3.05, 3.63) is 11.6 Å². The van der Waals surface area contributed by atoms with Crippen molar-refractivity contribution in [1.29, 1.82) is 5.26 Å². The summed E-state index contributed by atoms with van der Waals surface area (Å²) in [7, 11) is 0. The van der Waals surface area contributed by atoms with Gasteiger partial charge in [-0.05, 0) is 25.7 Å². The molecule has 4 nitrogen and oxygen atoms in total. The summed E-state index contributed by atoms with van der Waals surface area (Å²) in [5.41, 5.74) is -3.58. The van der Waals surface area contributed by atoms with Crippen LogP contribution in [0, 0.1) is 27.6 Å². The molecule has 3 aliphatic rings. The van der Waals surface area contributed by atoms with Crippen LogP contribution in [-0.4, -0.2) is 35.9 Å². The molecule has 2 aliphatic carbocycles. The quantitative estimate of drug-likeness (QED) is 0.684. The Morgan fingerprint density at radius 2 is 1.81 bits per heavy atom. The molecular weight excluding hydrogens is 357 g/mol. The number of ketones is 1. The average Bonchev–Trinajstić information content (AvgIpc) is 3.00. The monoisotopic (exact) mass is 382 g/mol. The Balaban J connectivity index is 1.89. The highest BCUT2D eigenvalue weighted by Crippen LogP contribution is 2.53. The van der Waals surface area contributed by atoms with E-state index in [1.54, 1.807) is 19.9 Å². The lowest BCUT2D eigenvalue weighted by Gasteiger charge is -2.41. The van der Waals surface area contributed by atoms with E-state index in [-0.39, 0.29) is 37.3 Å². The molecule has 0 radical (unpaired) electrons. The number of nitriles is 1. The Kier molecular flexibility index (Phi) is 4.69. The van der Waals surface area contributed by atoms with Crippen LogP contribution in [0.3, 0.4) is 0 Å². The second-order valence-corrected chi connectivity index (χ2v) is 9.04. The first kappa shape index (κ1) is 19.9. The van der Waals surface area contributed by atoms with Crippen LogP contribution in [0.15, 0.2) is 11.6 Å². The van der Waals surface area contributed by atoms with Gasteiger partial charge in [-0.2, -0.15) is 18.4 Å². The van der Waals surface area contributed by atoms with Gasteiger partial charge in [0, 0.05) is 23.9 Å². The van der Waals surface area contributed by atoms with Crippen LogP contribution >= 0.6 is 0 Å². The third kappa shape index (κ3) is 3.17. The van der Waals surface area contributed by atoms with E-state index < -0.39 is 28.3 Å². The molecule has 0 bridgehead atoms. The maximum Gasteiger partial charge on any atom is 0.403 e. The summed E-state index contributed by atoms with van der Waals surface area (Å²) in [6.45, 7) is 3.89. The minimum absolute atomic E-state index is 0.0590. The second kappa shape index (κ2) is 6.35. The highest BCUT2D eigenvalue weighted by Gasteiger charge is 2.62. The molecule has 1 atom stereocenters. The van der Waals surface area contributed by atoms with E-state index in [9.17, 15) is 28.0 Å². The molecule has 1 saturated carbocycles. The maximum atomic E-state index is 13.9. The number of hydrogen-bond acceptors (Lipinski definition) is 3. The number of rotatable bonds is 1. The molecule has 1 saturated heterocycles. The number of hydrogen-bond donors (Lipinski definition) is 0. The Labute approximate surface area is 157 Å². The highest BCUT2D eigenvalue weighted by atomic mass is 19.4. The van der Waals surface area contributed by atoms with Crippen molar-refractivity contribution in [2.24, 2.45) is 16.2 Å². The fourth-order valence-corrected chi connectivity index (χ4v) is 5.24. The van der Waals surface area contributed by atoms with Crippen molar-refractivity contribution in [1.82, 2.24) is 4.90 Å². The van der Waals surface area contributed by atoms with Crippen LogP contribution < -0.4 is 0 Å². The summed E-state index contributed by atoms with van der Waals surface area (Å²) in [4.78, 5) is 26.7. The van der Waals surface area contributed by atoms with Crippen molar-refractivity contribution in [3.8, 4) is 6.07 Å². The molecule has 148 valence electrons. The van der Waals surface area contributed by atoms with Gasteiger partial charge < -0.3 is 4.90 Å². The van der Waals surface area contributed by atoms with Gasteiger partial charge in [-0.15, -0.1) is 0 Å². The van der Waals surface area contributed by atoms with E-state index in [2.05, 4.69) is 0 Å². The number of amides is 1. The minimum Gasteiger partial charge on any atom is -0.341 e. The zero-order valence-corrected chi connectivity index (χ0v) is 15.8. The first-order chi connectivity index (χ1) is 12.5. The van der Waals surface area contributed by atoms with Crippen molar-refractivity contribution >= 4 is 11.7 Å². The number of nitrogens with zero attached hydrogens (tertiary/aromatic N) is 2. The van der Waals surface area contributed by atoms with Crippen LogP contribution in [0.25, 0.3) is 0 Å². The minimum atomic E-state index is -4.56. The van der Waals surface area contributed by atoms with Gasteiger partial charge in [-0.1, -0.05) is 39.2 Å². The number of Topliss-reactive ketones (excluding diaryl/α,β-unsaturated/α-hetero) is 1. The lowest BCUT2D eigenvalue weighted by atomic mass is 9.64. The van der Waals surface area contributed by atoms with Gasteiger partial charge in [0.25, 0.3) is 0 Å². The molecule has 1 unspecified atom stereocenters. The SMILES string of the molecule is CC1(C)CC2(C=C(C#N)C1=O)CCN(C(=O)C1(C(F)(F)F)CCCCC1)C2. The first-order valence-electron chi connectivity index (χ1n) is 9.50. The molecule has 0 aromatic carbocycles. The third-order valence-electron chi connectivity index (χ3n) is 6.56. The maximum absolute atomic E-state index is 13.9. The van der Waals surface area contributed by atoms with Gasteiger partial charge in [0.2, 0.25) is 5.91 Å². The molecule has 1 aliphatic heterocycles. The van der Waals surface area contributed by atoms with Crippen LogP contribution in [0.5, 0.6) is 0 Å². The second-order valence-electron chi connectivity index (χ2n) is 9.04. The molecule has 27 heavy (non-hydrogen) atoms. The van der Waals surface area contributed by atoms with Crippen LogP contribution in [0.2, 0.25) is 0 Å².